The molecule has 2 spiro atoms. The lowest BCUT2D eigenvalue weighted by Crippen LogP contribution is -2.74. The van der Waals surface area contributed by atoms with Crippen LogP contribution < -0.4 is 4.90 Å². The molecule has 2 bridgehead atoms. The summed E-state index contributed by atoms with van der Waals surface area (Å²) in [7, 11) is 3.19. The average Bonchev–Trinajstić information content (AvgIpc) is 3.33. The van der Waals surface area contributed by atoms with Crippen LogP contribution >= 0.6 is 0 Å². The van der Waals surface area contributed by atoms with Crippen LogP contribution in [-0.2, 0) is 29.3 Å². The SMILES string of the molecule is CC[C@]12CCCN3C(=O)C[C@@]45c6ccccc6N(C)[C@@H]4[C@@](C(=O)OC)(O[C@]315)C2=O. The molecule has 0 N–H and O–H groups in total. The lowest BCUT2D eigenvalue weighted by molar-refractivity contribution is -0.210. The molecule has 29 heavy (non-hydrogen) atoms. The Balaban J connectivity index is 1.78. The van der Waals surface area contributed by atoms with E-state index < -0.39 is 34.2 Å². The molecule has 5 aliphatic heterocycles. The number of likely N-dealkylation sites (N-methyl/N-ethyl adjacent to an activating group) is 1. The third kappa shape index (κ3) is 1.33. The monoisotopic (exact) mass is 396 g/mol. The van der Waals surface area contributed by atoms with Crippen molar-refractivity contribution in [1.82, 2.24) is 4.90 Å². The molecule has 5 heterocycles. The summed E-state index contributed by atoms with van der Waals surface area (Å²) in [5.74, 6) is -0.852. The Hall–Kier alpha value is -2.41. The maximum Gasteiger partial charge on any atom is 0.348 e. The average molecular weight is 396 g/mol. The van der Waals surface area contributed by atoms with Gasteiger partial charge >= 0.3 is 5.97 Å². The number of nitrogens with zero attached hydrogens (tertiary/aromatic N) is 2. The van der Waals surface area contributed by atoms with Gasteiger partial charge in [-0.2, -0.15) is 0 Å². The predicted molar refractivity (Wildman–Crippen MR) is 102 cm³/mol. The van der Waals surface area contributed by atoms with Gasteiger partial charge in [0, 0.05) is 25.7 Å². The zero-order valence-electron chi connectivity index (χ0n) is 16.9. The molecule has 7 nitrogen and oxygen atoms in total. The predicted octanol–water partition coefficient (Wildman–Crippen LogP) is 1.39. The van der Waals surface area contributed by atoms with Crippen LogP contribution in [0.1, 0.15) is 38.2 Å². The van der Waals surface area contributed by atoms with Crippen molar-refractivity contribution >= 4 is 23.3 Å². The first-order chi connectivity index (χ1) is 13.9. The van der Waals surface area contributed by atoms with E-state index in [1.54, 1.807) is 4.90 Å². The van der Waals surface area contributed by atoms with Gasteiger partial charge in [0.25, 0.3) is 0 Å². The number of para-hydroxylation sites is 1. The number of piperidine rings is 1. The molecular formula is C22H24N2O5. The van der Waals surface area contributed by atoms with Crippen LogP contribution in [0.15, 0.2) is 24.3 Å². The molecule has 4 saturated heterocycles. The molecule has 5 atom stereocenters. The molecule has 1 aromatic carbocycles. The number of fused-ring (bicyclic) bond motifs is 3. The number of benzene rings is 1. The van der Waals surface area contributed by atoms with Gasteiger partial charge in [-0.05, 0) is 30.9 Å². The van der Waals surface area contributed by atoms with Gasteiger partial charge in [-0.15, -0.1) is 0 Å². The molecule has 7 heteroatoms. The summed E-state index contributed by atoms with van der Waals surface area (Å²) < 4.78 is 11.9. The summed E-state index contributed by atoms with van der Waals surface area (Å²) >= 11 is 0. The van der Waals surface area contributed by atoms with Crippen molar-refractivity contribution in [1.29, 1.82) is 0 Å². The van der Waals surface area contributed by atoms with E-state index in [4.69, 9.17) is 9.47 Å². The summed E-state index contributed by atoms with van der Waals surface area (Å²) in [5, 5.41) is 0. The standard InChI is InChI=1S/C22H24N2O5/c1-4-19-10-7-11-24-15(25)12-20-13-8-5-6-9-14(13)23(2)16(20)21(17(19)26,18(27)28-3)29-22(19,20)24/h5-6,8-9,16H,4,7,10-12H2,1-3H3/t16-,19+,20+,21+,22+/m0/s1. The molecule has 0 unspecified atom stereocenters. The van der Waals surface area contributed by atoms with Crippen molar-refractivity contribution < 1.29 is 23.9 Å². The third-order valence-corrected chi connectivity index (χ3v) is 8.53. The first-order valence-corrected chi connectivity index (χ1v) is 10.4. The second-order valence-corrected chi connectivity index (χ2v) is 9.07. The van der Waals surface area contributed by atoms with Crippen LogP contribution in [0, 0.1) is 5.41 Å². The normalized spacial score (nSPS) is 43.5. The van der Waals surface area contributed by atoms with E-state index in [2.05, 4.69) is 0 Å². The van der Waals surface area contributed by atoms with Crippen LogP contribution in [0.5, 0.6) is 0 Å². The number of carbonyl (C=O) groups excluding carboxylic acids is 3. The van der Waals surface area contributed by atoms with E-state index in [0.717, 1.165) is 17.7 Å². The van der Waals surface area contributed by atoms with Crippen molar-refractivity contribution in [2.45, 2.75) is 55.4 Å². The largest absolute Gasteiger partial charge is 0.466 e. The number of ether oxygens (including phenoxy) is 2. The highest BCUT2D eigenvalue weighted by atomic mass is 16.6. The summed E-state index contributed by atoms with van der Waals surface area (Å²) in [4.78, 5) is 44.5. The molecule has 1 aromatic rings. The molecule has 4 fully saturated rings. The lowest BCUT2D eigenvalue weighted by atomic mass is 9.48. The fourth-order valence-corrected chi connectivity index (χ4v) is 7.80. The van der Waals surface area contributed by atoms with Crippen molar-refractivity contribution in [2.24, 2.45) is 5.41 Å². The minimum absolute atomic E-state index is 0.00536. The van der Waals surface area contributed by atoms with Crippen LogP contribution in [0.2, 0.25) is 0 Å². The van der Waals surface area contributed by atoms with E-state index in [-0.39, 0.29) is 18.1 Å². The van der Waals surface area contributed by atoms with Crippen molar-refractivity contribution in [3.05, 3.63) is 29.8 Å². The number of amides is 1. The third-order valence-electron chi connectivity index (χ3n) is 8.53. The van der Waals surface area contributed by atoms with Gasteiger partial charge < -0.3 is 19.3 Å². The highest BCUT2D eigenvalue weighted by Gasteiger charge is 2.96. The van der Waals surface area contributed by atoms with Crippen LogP contribution in [0.4, 0.5) is 5.69 Å². The molecule has 6 rings (SSSR count). The number of hydrogen-bond acceptors (Lipinski definition) is 6. The molecule has 0 aliphatic carbocycles. The fraction of sp³-hybridized carbons (Fsp3) is 0.591. The van der Waals surface area contributed by atoms with E-state index in [0.29, 0.717) is 19.4 Å². The number of anilines is 1. The summed E-state index contributed by atoms with van der Waals surface area (Å²) in [6, 6.07) is 7.34. The number of rotatable bonds is 2. The maximum atomic E-state index is 14.1. The van der Waals surface area contributed by atoms with E-state index in [9.17, 15) is 14.4 Å². The summed E-state index contributed by atoms with van der Waals surface area (Å²) in [6.45, 7) is 2.52. The van der Waals surface area contributed by atoms with Gasteiger partial charge in [-0.3, -0.25) is 9.59 Å². The van der Waals surface area contributed by atoms with E-state index in [1.165, 1.54) is 7.11 Å². The van der Waals surface area contributed by atoms with Crippen molar-refractivity contribution in [2.75, 3.05) is 25.6 Å². The van der Waals surface area contributed by atoms with Gasteiger partial charge in [0.2, 0.25) is 11.5 Å². The lowest BCUT2D eigenvalue weighted by Gasteiger charge is -2.56. The molecule has 152 valence electrons. The summed E-state index contributed by atoms with van der Waals surface area (Å²) in [6.07, 6.45) is 2.11. The zero-order chi connectivity index (χ0) is 20.4. The second kappa shape index (κ2) is 4.83. The Morgan fingerprint density at radius 3 is 2.79 bits per heavy atom. The Labute approximate surface area is 168 Å². The Kier molecular flexibility index (Phi) is 2.91. The number of carbonyl (C=O) groups is 3. The highest BCUT2D eigenvalue weighted by Crippen LogP contribution is 2.78. The Morgan fingerprint density at radius 2 is 2.07 bits per heavy atom. The quantitative estimate of drug-likeness (QED) is 0.555. The first-order valence-electron chi connectivity index (χ1n) is 10.4. The molecular weight excluding hydrogens is 372 g/mol. The van der Waals surface area contributed by atoms with E-state index in [1.807, 2.05) is 43.1 Å². The molecule has 0 aromatic heterocycles. The molecule has 1 amide bonds. The molecule has 5 aliphatic rings. The smallest absolute Gasteiger partial charge is 0.348 e. The number of methoxy groups -OCH3 is 1. The number of esters is 1. The van der Waals surface area contributed by atoms with Crippen LogP contribution in [0.3, 0.4) is 0 Å². The number of ketones is 1. The van der Waals surface area contributed by atoms with Crippen molar-refractivity contribution in [3.8, 4) is 0 Å². The highest BCUT2D eigenvalue weighted by molar-refractivity contribution is 6.17. The second-order valence-electron chi connectivity index (χ2n) is 9.07. The van der Waals surface area contributed by atoms with Gasteiger partial charge in [-0.25, -0.2) is 4.79 Å². The first kappa shape index (κ1) is 17.4. The van der Waals surface area contributed by atoms with E-state index >= 15 is 0 Å². The van der Waals surface area contributed by atoms with Gasteiger partial charge in [0.1, 0.15) is 0 Å². The molecule has 0 saturated carbocycles. The topological polar surface area (TPSA) is 76.2 Å². The molecule has 0 radical (unpaired) electrons. The Morgan fingerprint density at radius 1 is 1.31 bits per heavy atom. The van der Waals surface area contributed by atoms with Gasteiger partial charge in [0.05, 0.1) is 24.0 Å². The zero-order valence-corrected chi connectivity index (χ0v) is 16.9. The van der Waals surface area contributed by atoms with Crippen molar-refractivity contribution in [3.63, 3.8) is 0 Å². The van der Waals surface area contributed by atoms with Gasteiger partial charge in [-0.1, -0.05) is 25.1 Å². The Bertz CT molecular complexity index is 1010. The maximum absolute atomic E-state index is 14.1. The van der Waals surface area contributed by atoms with Crippen LogP contribution in [0.25, 0.3) is 0 Å². The fourth-order valence-electron chi connectivity index (χ4n) is 7.80. The number of hydrogen-bond donors (Lipinski definition) is 0. The minimum Gasteiger partial charge on any atom is -0.466 e. The number of Topliss-reactive ketones (excluding diaryl/α,β-unsaturated/α-hetero) is 1. The van der Waals surface area contributed by atoms with Crippen LogP contribution in [-0.4, -0.2) is 60.6 Å². The summed E-state index contributed by atoms with van der Waals surface area (Å²) in [5.41, 5.74) is -2.58. The van der Waals surface area contributed by atoms with Gasteiger partial charge in [0.15, 0.2) is 11.5 Å². The minimum atomic E-state index is -1.72.